The molecular formula is C16H34N2O3. The Labute approximate surface area is 130 Å². The minimum absolute atomic E-state index is 0.293. The normalized spacial score (nSPS) is 14.6. The Morgan fingerprint density at radius 3 is 2.43 bits per heavy atom. The highest BCUT2D eigenvalue weighted by molar-refractivity contribution is 5.68. The van der Waals surface area contributed by atoms with E-state index in [0.29, 0.717) is 25.6 Å². The van der Waals surface area contributed by atoms with Gasteiger partial charge in [-0.3, -0.25) is 0 Å². The molecule has 0 bridgehead atoms. The summed E-state index contributed by atoms with van der Waals surface area (Å²) in [5.41, 5.74) is -0.517. The van der Waals surface area contributed by atoms with Crippen molar-refractivity contribution >= 4 is 6.09 Å². The molecule has 0 heterocycles. The third kappa shape index (κ3) is 11.5. The summed E-state index contributed by atoms with van der Waals surface area (Å²) < 4.78 is 5.37. The summed E-state index contributed by atoms with van der Waals surface area (Å²) in [5.74, 6) is 0.641. The number of rotatable bonds is 9. The standard InChI is InChI=1S/C16H34N2O3/c1-7-8-13(2)11-17-9-10-18(12-14(3)19)15(20)21-16(4,5)6/h13-14,17,19H,7-12H2,1-6H3. The molecule has 0 aromatic rings. The van der Waals surface area contributed by atoms with Crippen LogP contribution in [0.15, 0.2) is 0 Å². The first-order valence-corrected chi connectivity index (χ1v) is 8.02. The predicted octanol–water partition coefficient (Wildman–Crippen LogP) is 2.63. The zero-order chi connectivity index (χ0) is 16.5. The molecule has 2 N–H and O–H groups in total. The number of nitrogens with one attached hydrogen (secondary N) is 1. The summed E-state index contributed by atoms with van der Waals surface area (Å²) in [4.78, 5) is 13.7. The van der Waals surface area contributed by atoms with Crippen molar-refractivity contribution < 1.29 is 14.6 Å². The van der Waals surface area contributed by atoms with Crippen molar-refractivity contribution in [3.05, 3.63) is 0 Å². The van der Waals surface area contributed by atoms with Crippen LogP contribution < -0.4 is 5.32 Å². The van der Waals surface area contributed by atoms with Gasteiger partial charge < -0.3 is 20.1 Å². The number of carbonyl (C=O) groups is 1. The Bertz CT molecular complexity index is 288. The van der Waals surface area contributed by atoms with Crippen LogP contribution in [0.4, 0.5) is 4.79 Å². The molecule has 21 heavy (non-hydrogen) atoms. The number of carbonyl (C=O) groups excluding carboxylic acids is 1. The molecule has 0 spiro atoms. The van der Waals surface area contributed by atoms with Gasteiger partial charge in [-0.15, -0.1) is 0 Å². The van der Waals surface area contributed by atoms with Gasteiger partial charge in [-0.05, 0) is 46.6 Å². The number of ether oxygens (including phenoxy) is 1. The SMILES string of the molecule is CCCC(C)CNCCN(CC(C)O)C(=O)OC(C)(C)C. The third-order valence-corrected chi connectivity index (χ3v) is 2.97. The lowest BCUT2D eigenvalue weighted by Gasteiger charge is -2.28. The molecule has 0 saturated carbocycles. The molecule has 0 aliphatic carbocycles. The lowest BCUT2D eigenvalue weighted by molar-refractivity contribution is 0.0164. The molecule has 0 rings (SSSR count). The van der Waals surface area contributed by atoms with Gasteiger partial charge >= 0.3 is 6.09 Å². The van der Waals surface area contributed by atoms with Crippen molar-refractivity contribution in [2.75, 3.05) is 26.2 Å². The first-order chi connectivity index (χ1) is 9.65. The zero-order valence-electron chi connectivity index (χ0n) is 14.6. The number of hydrogen-bond donors (Lipinski definition) is 2. The summed E-state index contributed by atoms with van der Waals surface area (Å²) >= 11 is 0. The average molecular weight is 302 g/mol. The third-order valence-electron chi connectivity index (χ3n) is 2.97. The molecule has 0 aliphatic heterocycles. The van der Waals surface area contributed by atoms with E-state index in [0.717, 1.165) is 6.54 Å². The fourth-order valence-corrected chi connectivity index (χ4v) is 2.06. The Balaban J connectivity index is 4.21. The number of aliphatic hydroxyl groups is 1. The second-order valence-corrected chi connectivity index (χ2v) is 6.87. The lowest BCUT2D eigenvalue weighted by atomic mass is 10.1. The van der Waals surface area contributed by atoms with E-state index < -0.39 is 11.7 Å². The highest BCUT2D eigenvalue weighted by Crippen LogP contribution is 2.10. The largest absolute Gasteiger partial charge is 0.444 e. The summed E-state index contributed by atoms with van der Waals surface area (Å²) in [5, 5.41) is 12.9. The van der Waals surface area contributed by atoms with Crippen LogP contribution in [0.3, 0.4) is 0 Å². The van der Waals surface area contributed by atoms with Crippen molar-refractivity contribution in [2.45, 2.75) is 66.1 Å². The maximum atomic E-state index is 12.1. The molecular weight excluding hydrogens is 268 g/mol. The number of nitrogens with zero attached hydrogens (tertiary/aromatic N) is 1. The van der Waals surface area contributed by atoms with Gasteiger partial charge in [0.05, 0.1) is 6.10 Å². The van der Waals surface area contributed by atoms with Gasteiger partial charge in [-0.25, -0.2) is 4.79 Å². The van der Waals surface area contributed by atoms with E-state index in [-0.39, 0.29) is 6.09 Å². The quantitative estimate of drug-likeness (QED) is 0.643. The molecule has 5 heteroatoms. The summed E-state index contributed by atoms with van der Waals surface area (Å²) in [6.07, 6.45) is 1.47. The minimum atomic E-state index is -0.559. The van der Waals surface area contributed by atoms with Crippen LogP contribution in [0.1, 0.15) is 54.4 Å². The van der Waals surface area contributed by atoms with Gasteiger partial charge in [-0.1, -0.05) is 20.3 Å². The molecule has 0 radical (unpaired) electrons. The van der Waals surface area contributed by atoms with Gasteiger partial charge in [0.15, 0.2) is 0 Å². The van der Waals surface area contributed by atoms with Crippen LogP contribution in [-0.2, 0) is 4.74 Å². The lowest BCUT2D eigenvalue weighted by Crippen LogP contribution is -2.43. The van der Waals surface area contributed by atoms with E-state index in [1.165, 1.54) is 12.8 Å². The van der Waals surface area contributed by atoms with Crippen LogP contribution in [0, 0.1) is 5.92 Å². The maximum absolute atomic E-state index is 12.1. The van der Waals surface area contributed by atoms with E-state index in [1.54, 1.807) is 11.8 Å². The van der Waals surface area contributed by atoms with Gasteiger partial charge in [0.25, 0.3) is 0 Å². The molecule has 0 aliphatic rings. The van der Waals surface area contributed by atoms with E-state index >= 15 is 0 Å². The van der Waals surface area contributed by atoms with Crippen molar-refractivity contribution in [3.8, 4) is 0 Å². The number of amides is 1. The molecule has 126 valence electrons. The van der Waals surface area contributed by atoms with Crippen LogP contribution in [-0.4, -0.2) is 54.0 Å². The summed E-state index contributed by atoms with van der Waals surface area (Å²) in [7, 11) is 0. The monoisotopic (exact) mass is 302 g/mol. The van der Waals surface area contributed by atoms with Gasteiger partial charge in [0.1, 0.15) is 5.60 Å². The average Bonchev–Trinajstić information content (AvgIpc) is 2.30. The summed E-state index contributed by atoms with van der Waals surface area (Å²) in [6, 6.07) is 0. The molecule has 5 nitrogen and oxygen atoms in total. The highest BCUT2D eigenvalue weighted by Gasteiger charge is 2.22. The smallest absolute Gasteiger partial charge is 0.410 e. The van der Waals surface area contributed by atoms with Crippen LogP contribution in [0.25, 0.3) is 0 Å². The Hall–Kier alpha value is -0.810. The van der Waals surface area contributed by atoms with Crippen LogP contribution >= 0.6 is 0 Å². The van der Waals surface area contributed by atoms with Crippen molar-refractivity contribution in [3.63, 3.8) is 0 Å². The van der Waals surface area contributed by atoms with E-state index in [9.17, 15) is 9.90 Å². The van der Waals surface area contributed by atoms with Crippen molar-refractivity contribution in [1.29, 1.82) is 0 Å². The van der Waals surface area contributed by atoms with Crippen molar-refractivity contribution in [2.24, 2.45) is 5.92 Å². The molecule has 0 saturated heterocycles. The molecule has 0 aromatic carbocycles. The molecule has 0 aromatic heterocycles. The van der Waals surface area contributed by atoms with Gasteiger partial charge in [-0.2, -0.15) is 0 Å². The molecule has 0 fully saturated rings. The number of aliphatic hydroxyl groups excluding tert-OH is 1. The van der Waals surface area contributed by atoms with E-state index in [1.807, 2.05) is 20.8 Å². The fraction of sp³-hybridized carbons (Fsp3) is 0.938. The Kier molecular flexibility index (Phi) is 9.62. The van der Waals surface area contributed by atoms with E-state index in [2.05, 4.69) is 19.2 Å². The Morgan fingerprint density at radius 2 is 1.95 bits per heavy atom. The fourth-order valence-electron chi connectivity index (χ4n) is 2.06. The first-order valence-electron chi connectivity index (χ1n) is 8.02. The first kappa shape index (κ1) is 20.2. The maximum Gasteiger partial charge on any atom is 0.410 e. The molecule has 1 amide bonds. The molecule has 2 atom stereocenters. The topological polar surface area (TPSA) is 61.8 Å². The Morgan fingerprint density at radius 1 is 1.33 bits per heavy atom. The summed E-state index contributed by atoms with van der Waals surface area (Å²) in [6.45, 7) is 14.1. The van der Waals surface area contributed by atoms with Crippen molar-refractivity contribution in [1.82, 2.24) is 10.2 Å². The van der Waals surface area contributed by atoms with Gasteiger partial charge in [0, 0.05) is 19.6 Å². The second-order valence-electron chi connectivity index (χ2n) is 6.87. The van der Waals surface area contributed by atoms with Crippen LogP contribution in [0.2, 0.25) is 0 Å². The molecule has 2 unspecified atom stereocenters. The minimum Gasteiger partial charge on any atom is -0.444 e. The zero-order valence-corrected chi connectivity index (χ0v) is 14.6. The predicted molar refractivity (Wildman–Crippen MR) is 86.4 cm³/mol. The van der Waals surface area contributed by atoms with E-state index in [4.69, 9.17) is 4.74 Å². The van der Waals surface area contributed by atoms with Gasteiger partial charge in [0.2, 0.25) is 0 Å². The second kappa shape index (κ2) is 10.0. The highest BCUT2D eigenvalue weighted by atomic mass is 16.6. The van der Waals surface area contributed by atoms with Crippen LogP contribution in [0.5, 0.6) is 0 Å². The number of hydrogen-bond acceptors (Lipinski definition) is 4.